The van der Waals surface area contributed by atoms with Gasteiger partial charge in [0.05, 0.1) is 12.5 Å². The molecule has 1 amide bonds. The van der Waals surface area contributed by atoms with Crippen LogP contribution in [0.15, 0.2) is 18.2 Å². The van der Waals surface area contributed by atoms with Gasteiger partial charge in [-0.25, -0.2) is 8.78 Å². The number of rotatable bonds is 4. The second-order valence-electron chi connectivity index (χ2n) is 3.95. The van der Waals surface area contributed by atoms with Crippen LogP contribution in [0.4, 0.5) is 8.78 Å². The Hall–Kier alpha value is -1.49. The van der Waals surface area contributed by atoms with Gasteiger partial charge in [-0.3, -0.25) is 4.79 Å². The molecule has 1 rings (SSSR count). The topological polar surface area (TPSA) is 49.3 Å². The normalized spacial score (nSPS) is 14.2. The van der Waals surface area contributed by atoms with E-state index in [4.69, 9.17) is 5.11 Å². The maximum Gasteiger partial charge on any atom is 0.227 e. The Kier molecular flexibility index (Phi) is 4.57. The van der Waals surface area contributed by atoms with E-state index >= 15 is 0 Å². The van der Waals surface area contributed by atoms with Crippen molar-refractivity contribution in [3.8, 4) is 0 Å². The van der Waals surface area contributed by atoms with Crippen LogP contribution in [-0.4, -0.2) is 23.7 Å². The first-order valence-corrected chi connectivity index (χ1v) is 5.32. The second-order valence-corrected chi connectivity index (χ2v) is 3.95. The molecule has 0 aliphatic heterocycles. The van der Waals surface area contributed by atoms with Gasteiger partial charge < -0.3 is 10.4 Å². The number of halogens is 2. The van der Waals surface area contributed by atoms with E-state index in [1.165, 1.54) is 13.0 Å². The number of hydrogen-bond acceptors (Lipinski definition) is 2. The van der Waals surface area contributed by atoms with Crippen LogP contribution in [0.2, 0.25) is 0 Å². The minimum Gasteiger partial charge on any atom is -0.394 e. The molecule has 2 atom stereocenters. The molecule has 0 bridgehead atoms. The van der Waals surface area contributed by atoms with Gasteiger partial charge in [0.2, 0.25) is 5.91 Å². The largest absolute Gasteiger partial charge is 0.394 e. The third-order valence-electron chi connectivity index (χ3n) is 2.49. The minimum atomic E-state index is -0.940. The van der Waals surface area contributed by atoms with Crippen LogP contribution < -0.4 is 5.32 Å². The Balaban J connectivity index is 2.89. The van der Waals surface area contributed by atoms with Crippen LogP contribution in [0.1, 0.15) is 25.3 Å². The molecule has 0 fully saturated rings. The highest BCUT2D eigenvalue weighted by molar-refractivity contribution is 5.83. The van der Waals surface area contributed by atoms with Gasteiger partial charge in [0.25, 0.3) is 0 Å². The summed E-state index contributed by atoms with van der Waals surface area (Å²) in [4.78, 5) is 11.7. The number of aliphatic hydroxyl groups excluding tert-OH is 1. The van der Waals surface area contributed by atoms with E-state index in [2.05, 4.69) is 5.32 Å². The molecule has 0 aromatic heterocycles. The fourth-order valence-electron chi connectivity index (χ4n) is 1.47. The summed E-state index contributed by atoms with van der Waals surface area (Å²) >= 11 is 0. The van der Waals surface area contributed by atoms with Gasteiger partial charge in [-0.1, -0.05) is 6.07 Å². The summed E-state index contributed by atoms with van der Waals surface area (Å²) in [6.45, 7) is 2.79. The summed E-state index contributed by atoms with van der Waals surface area (Å²) in [5.41, 5.74) is -0.255. The van der Waals surface area contributed by atoms with Crippen LogP contribution in [0.25, 0.3) is 0 Å². The zero-order valence-corrected chi connectivity index (χ0v) is 9.71. The molecule has 3 nitrogen and oxygen atoms in total. The predicted octanol–water partition coefficient (Wildman–Crippen LogP) is 1.57. The zero-order valence-electron chi connectivity index (χ0n) is 9.71. The van der Waals surface area contributed by atoms with Crippen LogP contribution in [0, 0.1) is 11.6 Å². The Bertz CT molecular complexity index is 389. The van der Waals surface area contributed by atoms with Gasteiger partial charge >= 0.3 is 0 Å². The van der Waals surface area contributed by atoms with Crippen LogP contribution in [0.5, 0.6) is 0 Å². The standard InChI is InChI=1S/C12H15F2NO2/c1-7(6-16)15-12(17)8(2)11-9(13)4-3-5-10(11)14/h3-5,7-8,16H,6H2,1-2H3,(H,15,17). The number of aliphatic hydroxyl groups is 1. The first-order chi connectivity index (χ1) is 7.97. The van der Waals surface area contributed by atoms with Gasteiger partial charge in [0.1, 0.15) is 11.6 Å². The molecular formula is C12H15F2NO2. The molecule has 0 aliphatic rings. The predicted molar refractivity (Wildman–Crippen MR) is 59.5 cm³/mol. The smallest absolute Gasteiger partial charge is 0.227 e. The average molecular weight is 243 g/mol. The summed E-state index contributed by atoms with van der Waals surface area (Å²) in [7, 11) is 0. The number of benzene rings is 1. The molecule has 17 heavy (non-hydrogen) atoms. The SMILES string of the molecule is CC(CO)NC(=O)C(C)c1c(F)cccc1F. The molecule has 2 unspecified atom stereocenters. The molecule has 0 aliphatic carbocycles. The third-order valence-corrected chi connectivity index (χ3v) is 2.49. The van der Waals surface area contributed by atoms with Crippen LogP contribution in [-0.2, 0) is 4.79 Å². The van der Waals surface area contributed by atoms with Gasteiger partial charge in [-0.15, -0.1) is 0 Å². The Labute approximate surface area is 98.5 Å². The summed E-state index contributed by atoms with van der Waals surface area (Å²) < 4.78 is 26.8. The molecule has 0 saturated carbocycles. The highest BCUT2D eigenvalue weighted by Gasteiger charge is 2.23. The van der Waals surface area contributed by atoms with Crippen LogP contribution in [0.3, 0.4) is 0 Å². The third kappa shape index (κ3) is 3.23. The van der Waals surface area contributed by atoms with E-state index in [0.29, 0.717) is 0 Å². The number of nitrogens with one attached hydrogen (secondary N) is 1. The van der Waals surface area contributed by atoms with Crippen molar-refractivity contribution in [2.75, 3.05) is 6.61 Å². The molecule has 5 heteroatoms. The molecule has 94 valence electrons. The molecule has 0 heterocycles. The Morgan fingerprint density at radius 1 is 1.35 bits per heavy atom. The van der Waals surface area contributed by atoms with Crippen molar-refractivity contribution >= 4 is 5.91 Å². The van der Waals surface area contributed by atoms with Crippen molar-refractivity contribution in [3.05, 3.63) is 35.4 Å². The zero-order chi connectivity index (χ0) is 13.0. The van der Waals surface area contributed by atoms with E-state index in [-0.39, 0.29) is 12.2 Å². The first-order valence-electron chi connectivity index (χ1n) is 5.32. The number of carbonyl (C=O) groups excluding carboxylic acids is 1. The second kappa shape index (κ2) is 5.72. The van der Waals surface area contributed by atoms with Crippen molar-refractivity contribution in [1.29, 1.82) is 0 Å². The molecule has 2 N–H and O–H groups in total. The summed E-state index contributed by atoms with van der Waals surface area (Å²) in [5, 5.41) is 11.2. The van der Waals surface area contributed by atoms with Crippen LogP contribution >= 0.6 is 0 Å². The summed E-state index contributed by atoms with van der Waals surface area (Å²) in [6.07, 6.45) is 0. The maximum atomic E-state index is 13.4. The van der Waals surface area contributed by atoms with E-state index in [1.807, 2.05) is 0 Å². The lowest BCUT2D eigenvalue weighted by molar-refractivity contribution is -0.123. The minimum absolute atomic E-state index is 0.224. The van der Waals surface area contributed by atoms with E-state index in [0.717, 1.165) is 12.1 Å². The van der Waals surface area contributed by atoms with E-state index in [1.54, 1.807) is 6.92 Å². The number of hydrogen-bond donors (Lipinski definition) is 2. The van der Waals surface area contributed by atoms with Gasteiger partial charge in [0.15, 0.2) is 0 Å². The molecule has 0 spiro atoms. The van der Waals surface area contributed by atoms with Crippen molar-refractivity contribution in [2.45, 2.75) is 25.8 Å². The number of carbonyl (C=O) groups is 1. The number of amides is 1. The van der Waals surface area contributed by atoms with Gasteiger partial charge in [0, 0.05) is 11.6 Å². The van der Waals surface area contributed by atoms with Gasteiger partial charge in [-0.2, -0.15) is 0 Å². The quantitative estimate of drug-likeness (QED) is 0.843. The summed E-state index contributed by atoms with van der Waals surface area (Å²) in [5.74, 6) is -2.95. The van der Waals surface area contributed by atoms with E-state index < -0.39 is 29.5 Å². The lowest BCUT2D eigenvalue weighted by Gasteiger charge is -2.17. The lowest BCUT2D eigenvalue weighted by Crippen LogP contribution is -2.38. The van der Waals surface area contributed by atoms with Crippen molar-refractivity contribution in [3.63, 3.8) is 0 Å². The highest BCUT2D eigenvalue weighted by Crippen LogP contribution is 2.22. The Morgan fingerprint density at radius 2 is 1.88 bits per heavy atom. The molecule has 0 radical (unpaired) electrons. The highest BCUT2D eigenvalue weighted by atomic mass is 19.1. The van der Waals surface area contributed by atoms with Gasteiger partial charge in [-0.05, 0) is 26.0 Å². The molecule has 1 aromatic rings. The average Bonchev–Trinajstić information content (AvgIpc) is 2.28. The molecule has 0 saturated heterocycles. The fourth-order valence-corrected chi connectivity index (χ4v) is 1.47. The van der Waals surface area contributed by atoms with Crippen molar-refractivity contribution < 1.29 is 18.7 Å². The fraction of sp³-hybridized carbons (Fsp3) is 0.417. The Morgan fingerprint density at radius 3 is 2.35 bits per heavy atom. The monoisotopic (exact) mass is 243 g/mol. The van der Waals surface area contributed by atoms with Crippen molar-refractivity contribution in [1.82, 2.24) is 5.32 Å². The molecule has 1 aromatic carbocycles. The van der Waals surface area contributed by atoms with Crippen molar-refractivity contribution in [2.24, 2.45) is 0 Å². The van der Waals surface area contributed by atoms with E-state index in [9.17, 15) is 13.6 Å². The summed E-state index contributed by atoms with van der Waals surface area (Å²) in [6, 6.07) is 3.02. The lowest BCUT2D eigenvalue weighted by atomic mass is 9.99. The maximum absolute atomic E-state index is 13.4. The first kappa shape index (κ1) is 13.6. The molecular weight excluding hydrogens is 228 g/mol.